The van der Waals surface area contributed by atoms with E-state index >= 15 is 0 Å². The molecule has 0 spiro atoms. The van der Waals surface area contributed by atoms with Crippen molar-refractivity contribution in [3.8, 4) is 5.75 Å². The van der Waals surface area contributed by atoms with Gasteiger partial charge in [-0.25, -0.2) is 0 Å². The van der Waals surface area contributed by atoms with Crippen LogP contribution in [0.25, 0.3) is 0 Å². The van der Waals surface area contributed by atoms with Gasteiger partial charge in [0.2, 0.25) is 0 Å². The Morgan fingerprint density at radius 1 is 1.33 bits per heavy atom. The number of benzene rings is 1. The Hall–Kier alpha value is -0.670. The van der Waals surface area contributed by atoms with E-state index < -0.39 is 0 Å². The number of fused-ring (bicyclic) bond motifs is 1. The molecule has 1 aromatic carbocycles. The van der Waals surface area contributed by atoms with Crippen LogP contribution >= 0.6 is 11.8 Å². The summed E-state index contributed by atoms with van der Waals surface area (Å²) in [4.78, 5) is 0. The fourth-order valence-electron chi connectivity index (χ4n) is 2.87. The maximum atomic E-state index is 5.81. The van der Waals surface area contributed by atoms with Gasteiger partial charge in [-0.1, -0.05) is 25.1 Å². The van der Waals surface area contributed by atoms with Crippen molar-refractivity contribution >= 4 is 11.8 Å². The molecule has 1 saturated heterocycles. The average Bonchev–Trinajstić information content (AvgIpc) is 2.43. The molecular formula is C15H21NOS. The lowest BCUT2D eigenvalue weighted by molar-refractivity contribution is 0.180. The third kappa shape index (κ3) is 2.52. The smallest absolute Gasteiger partial charge is 0.124 e. The monoisotopic (exact) mass is 263 g/mol. The van der Waals surface area contributed by atoms with Crippen molar-refractivity contribution in [1.82, 2.24) is 5.32 Å². The van der Waals surface area contributed by atoms with Crippen LogP contribution < -0.4 is 10.1 Å². The second-order valence-corrected chi connectivity index (χ2v) is 6.53. The summed E-state index contributed by atoms with van der Waals surface area (Å²) in [6, 6.07) is 9.60. The molecular weight excluding hydrogens is 242 g/mol. The molecule has 1 N–H and O–H groups in total. The maximum Gasteiger partial charge on any atom is 0.124 e. The van der Waals surface area contributed by atoms with Crippen LogP contribution in [0.4, 0.5) is 0 Å². The van der Waals surface area contributed by atoms with E-state index in [4.69, 9.17) is 4.74 Å². The highest BCUT2D eigenvalue weighted by Gasteiger charge is 2.29. The van der Waals surface area contributed by atoms with Gasteiger partial charge in [0.15, 0.2) is 0 Å². The number of rotatable bonds is 2. The van der Waals surface area contributed by atoms with Crippen molar-refractivity contribution in [3.63, 3.8) is 0 Å². The molecule has 98 valence electrons. The highest BCUT2D eigenvalue weighted by atomic mass is 32.2. The van der Waals surface area contributed by atoms with Crippen molar-refractivity contribution in [2.75, 3.05) is 18.1 Å². The topological polar surface area (TPSA) is 21.3 Å². The lowest BCUT2D eigenvalue weighted by atomic mass is 9.91. The second kappa shape index (κ2) is 5.54. The third-order valence-electron chi connectivity index (χ3n) is 3.90. The highest BCUT2D eigenvalue weighted by molar-refractivity contribution is 7.99. The van der Waals surface area contributed by atoms with Gasteiger partial charge in [0.1, 0.15) is 5.75 Å². The number of para-hydroxylation sites is 1. The zero-order valence-corrected chi connectivity index (χ0v) is 11.7. The van der Waals surface area contributed by atoms with E-state index in [9.17, 15) is 0 Å². The van der Waals surface area contributed by atoms with Crippen LogP contribution in [0.5, 0.6) is 5.75 Å². The second-order valence-electron chi connectivity index (χ2n) is 5.38. The summed E-state index contributed by atoms with van der Waals surface area (Å²) in [5.41, 5.74) is 1.34. The summed E-state index contributed by atoms with van der Waals surface area (Å²) in [6.45, 7) is 3.11. The molecule has 0 radical (unpaired) electrons. The maximum absolute atomic E-state index is 5.81. The first-order valence-electron chi connectivity index (χ1n) is 6.90. The van der Waals surface area contributed by atoms with Crippen LogP contribution in [0, 0.1) is 5.92 Å². The molecule has 2 aliphatic heterocycles. The van der Waals surface area contributed by atoms with Gasteiger partial charge in [-0.2, -0.15) is 11.8 Å². The summed E-state index contributed by atoms with van der Waals surface area (Å²) in [5.74, 6) is 4.20. The minimum atomic E-state index is 0.457. The Kier molecular flexibility index (Phi) is 3.80. The molecule has 3 heteroatoms. The summed E-state index contributed by atoms with van der Waals surface area (Å²) < 4.78 is 5.81. The van der Waals surface area contributed by atoms with Crippen molar-refractivity contribution < 1.29 is 4.74 Å². The van der Waals surface area contributed by atoms with E-state index in [2.05, 4.69) is 48.3 Å². The first-order valence-corrected chi connectivity index (χ1v) is 8.05. The van der Waals surface area contributed by atoms with E-state index in [-0.39, 0.29) is 0 Å². The SMILES string of the molecule is CC1COc2ccccc2C1NC1CCCSC1. The van der Waals surface area contributed by atoms with Crippen molar-refractivity contribution in [2.45, 2.75) is 31.8 Å². The standard InChI is InChI=1S/C15H21NOS/c1-11-9-17-14-7-3-2-6-13(14)15(11)16-12-5-4-8-18-10-12/h2-3,6-7,11-12,15-16H,4-5,8-10H2,1H3. The van der Waals surface area contributed by atoms with Gasteiger partial charge in [-0.3, -0.25) is 0 Å². The average molecular weight is 263 g/mol. The number of ether oxygens (including phenoxy) is 1. The fraction of sp³-hybridized carbons (Fsp3) is 0.600. The number of hydrogen-bond acceptors (Lipinski definition) is 3. The summed E-state index contributed by atoms with van der Waals surface area (Å²) in [7, 11) is 0. The van der Waals surface area contributed by atoms with Gasteiger partial charge in [0.05, 0.1) is 6.61 Å². The summed E-state index contributed by atoms with van der Waals surface area (Å²) >= 11 is 2.08. The van der Waals surface area contributed by atoms with Gasteiger partial charge < -0.3 is 10.1 Å². The number of hydrogen-bond donors (Lipinski definition) is 1. The Balaban J connectivity index is 1.77. The number of thioether (sulfide) groups is 1. The molecule has 3 unspecified atom stereocenters. The van der Waals surface area contributed by atoms with Gasteiger partial charge in [0, 0.05) is 29.3 Å². The van der Waals surface area contributed by atoms with Crippen LogP contribution in [0.2, 0.25) is 0 Å². The lowest BCUT2D eigenvalue weighted by Gasteiger charge is -2.36. The van der Waals surface area contributed by atoms with Crippen molar-refractivity contribution in [2.24, 2.45) is 5.92 Å². The number of nitrogens with one attached hydrogen (secondary N) is 1. The minimum Gasteiger partial charge on any atom is -0.493 e. The van der Waals surface area contributed by atoms with E-state index in [0.717, 1.165) is 12.4 Å². The summed E-state index contributed by atoms with van der Waals surface area (Å²) in [6.07, 6.45) is 2.67. The normalized spacial score (nSPS) is 31.5. The third-order valence-corrected chi connectivity index (χ3v) is 5.12. The molecule has 0 aliphatic carbocycles. The van der Waals surface area contributed by atoms with Crippen LogP contribution in [0.15, 0.2) is 24.3 Å². The molecule has 18 heavy (non-hydrogen) atoms. The van der Waals surface area contributed by atoms with Crippen molar-refractivity contribution in [1.29, 1.82) is 0 Å². The minimum absolute atomic E-state index is 0.457. The molecule has 1 aromatic rings. The quantitative estimate of drug-likeness (QED) is 0.885. The zero-order valence-electron chi connectivity index (χ0n) is 10.9. The molecule has 2 nitrogen and oxygen atoms in total. The first kappa shape index (κ1) is 12.4. The Labute approximate surface area is 113 Å². The van der Waals surface area contributed by atoms with Crippen LogP contribution in [0.1, 0.15) is 31.4 Å². The molecule has 0 bridgehead atoms. The fourth-order valence-corrected chi connectivity index (χ4v) is 3.96. The largest absolute Gasteiger partial charge is 0.493 e. The van der Waals surface area contributed by atoms with Crippen LogP contribution in [-0.2, 0) is 0 Å². The van der Waals surface area contributed by atoms with Gasteiger partial charge in [0.25, 0.3) is 0 Å². The first-order chi connectivity index (χ1) is 8.84. The van der Waals surface area contributed by atoms with Crippen molar-refractivity contribution in [3.05, 3.63) is 29.8 Å². The molecule has 2 aliphatic rings. The van der Waals surface area contributed by atoms with E-state index in [1.54, 1.807) is 0 Å². The van der Waals surface area contributed by atoms with E-state index in [1.807, 2.05) is 0 Å². The predicted molar refractivity (Wildman–Crippen MR) is 77.3 cm³/mol. The Bertz CT molecular complexity index is 403. The van der Waals surface area contributed by atoms with Crippen LogP contribution in [-0.4, -0.2) is 24.2 Å². The van der Waals surface area contributed by atoms with Gasteiger partial charge in [-0.15, -0.1) is 0 Å². The predicted octanol–water partition coefficient (Wildman–Crippen LogP) is 3.24. The molecule has 0 saturated carbocycles. The van der Waals surface area contributed by atoms with E-state index in [0.29, 0.717) is 18.0 Å². The Morgan fingerprint density at radius 3 is 3.06 bits per heavy atom. The molecule has 0 aromatic heterocycles. The van der Waals surface area contributed by atoms with E-state index in [1.165, 1.54) is 29.9 Å². The molecule has 0 amide bonds. The molecule has 1 fully saturated rings. The van der Waals surface area contributed by atoms with Gasteiger partial charge in [-0.05, 0) is 24.7 Å². The van der Waals surface area contributed by atoms with Gasteiger partial charge >= 0.3 is 0 Å². The van der Waals surface area contributed by atoms with Crippen LogP contribution in [0.3, 0.4) is 0 Å². The summed E-state index contributed by atoms with van der Waals surface area (Å²) in [5, 5.41) is 3.86. The lowest BCUT2D eigenvalue weighted by Crippen LogP contribution is -2.42. The molecule has 2 heterocycles. The Morgan fingerprint density at radius 2 is 2.22 bits per heavy atom. The molecule has 3 atom stereocenters. The molecule has 3 rings (SSSR count). The highest BCUT2D eigenvalue weighted by Crippen LogP contribution is 2.36. The zero-order chi connectivity index (χ0) is 12.4.